The van der Waals surface area contributed by atoms with Crippen molar-refractivity contribution in [2.75, 3.05) is 52.7 Å². The van der Waals surface area contributed by atoms with E-state index in [-0.39, 0.29) is 6.61 Å². The molecule has 0 atom stereocenters. The Morgan fingerprint density at radius 1 is 0.941 bits per heavy atom. The smallest absolute Gasteiger partial charge is 0.0701 e. The van der Waals surface area contributed by atoms with E-state index in [1.165, 1.54) is 0 Å². The minimum atomic E-state index is 0.0675. The lowest BCUT2D eigenvalue weighted by atomic mass is 10.3. The summed E-state index contributed by atoms with van der Waals surface area (Å²) in [5.41, 5.74) is 0. The van der Waals surface area contributed by atoms with Gasteiger partial charge in [0, 0.05) is 26.2 Å². The van der Waals surface area contributed by atoms with E-state index in [4.69, 9.17) is 14.6 Å². The second-order valence-electron chi connectivity index (χ2n) is 3.64. The molecule has 0 aromatic heterocycles. The topological polar surface area (TPSA) is 41.9 Å². The minimum absolute atomic E-state index is 0.0675. The Morgan fingerprint density at radius 3 is 2.06 bits per heavy atom. The number of rotatable bonds is 13. The van der Waals surface area contributed by atoms with Crippen molar-refractivity contribution >= 4 is 0 Å². The molecule has 0 heterocycles. The maximum atomic E-state index is 8.48. The zero-order valence-corrected chi connectivity index (χ0v) is 10.6. The van der Waals surface area contributed by atoms with Gasteiger partial charge in [0.25, 0.3) is 0 Å². The van der Waals surface area contributed by atoms with E-state index in [2.05, 4.69) is 18.1 Å². The van der Waals surface area contributed by atoms with E-state index in [1.54, 1.807) is 0 Å². The van der Waals surface area contributed by atoms with E-state index >= 15 is 0 Å². The van der Waals surface area contributed by atoms with Crippen LogP contribution in [0.1, 0.15) is 6.42 Å². The predicted octanol–water partition coefficient (Wildman–Crippen LogP) is 1.08. The van der Waals surface area contributed by atoms with Crippen LogP contribution in [0.3, 0.4) is 0 Å². The molecule has 0 saturated heterocycles. The van der Waals surface area contributed by atoms with Gasteiger partial charge in [-0.05, 0) is 6.42 Å². The average Bonchev–Trinajstić information content (AvgIpc) is 2.33. The van der Waals surface area contributed by atoms with Gasteiger partial charge in [-0.15, -0.1) is 13.2 Å². The molecule has 0 aliphatic carbocycles. The van der Waals surface area contributed by atoms with Crippen molar-refractivity contribution in [3.63, 3.8) is 0 Å². The van der Waals surface area contributed by atoms with Gasteiger partial charge in [-0.1, -0.05) is 12.2 Å². The fourth-order valence-electron chi connectivity index (χ4n) is 1.40. The van der Waals surface area contributed by atoms with E-state index in [1.807, 2.05) is 12.2 Å². The molecule has 0 aromatic carbocycles. The molecule has 17 heavy (non-hydrogen) atoms. The summed E-state index contributed by atoms with van der Waals surface area (Å²) in [6, 6.07) is 0. The first-order valence-corrected chi connectivity index (χ1v) is 6.05. The van der Waals surface area contributed by atoms with Gasteiger partial charge in [-0.25, -0.2) is 0 Å². The first-order valence-electron chi connectivity index (χ1n) is 6.05. The monoisotopic (exact) mass is 243 g/mol. The molecule has 0 bridgehead atoms. The Labute approximate surface area is 105 Å². The summed E-state index contributed by atoms with van der Waals surface area (Å²) in [5, 5.41) is 8.48. The Kier molecular flexibility index (Phi) is 12.8. The summed E-state index contributed by atoms with van der Waals surface area (Å²) < 4.78 is 10.5. The second-order valence-corrected chi connectivity index (χ2v) is 3.64. The van der Waals surface area contributed by atoms with Gasteiger partial charge in [-0.3, -0.25) is 4.90 Å². The summed E-state index contributed by atoms with van der Waals surface area (Å²) in [4.78, 5) is 2.26. The van der Waals surface area contributed by atoms with Crippen molar-refractivity contribution in [3.05, 3.63) is 25.3 Å². The van der Waals surface area contributed by atoms with Crippen LogP contribution < -0.4 is 0 Å². The van der Waals surface area contributed by atoms with E-state index in [0.29, 0.717) is 19.8 Å². The standard InChI is InChI=1S/C13H25NO3/c1-3-6-14(7-4-2)8-5-10-16-12-13-17-11-9-15/h3-4,15H,1-2,5-13H2. The Morgan fingerprint density at radius 2 is 1.53 bits per heavy atom. The molecule has 0 fully saturated rings. The number of hydrogen-bond donors (Lipinski definition) is 1. The molecule has 0 saturated carbocycles. The highest BCUT2D eigenvalue weighted by Gasteiger charge is 1.99. The summed E-state index contributed by atoms with van der Waals surface area (Å²) >= 11 is 0. The van der Waals surface area contributed by atoms with E-state index in [0.717, 1.165) is 32.7 Å². The fraction of sp³-hybridized carbons (Fsp3) is 0.692. The second kappa shape index (κ2) is 13.4. The molecule has 0 rings (SSSR count). The van der Waals surface area contributed by atoms with Gasteiger partial charge in [0.1, 0.15) is 0 Å². The summed E-state index contributed by atoms with van der Waals surface area (Å²) in [6.45, 7) is 12.5. The van der Waals surface area contributed by atoms with Gasteiger partial charge in [-0.2, -0.15) is 0 Å². The van der Waals surface area contributed by atoms with Gasteiger partial charge in [0.15, 0.2) is 0 Å². The number of nitrogens with zero attached hydrogens (tertiary/aromatic N) is 1. The molecule has 0 unspecified atom stereocenters. The molecular formula is C13H25NO3. The van der Waals surface area contributed by atoms with Crippen molar-refractivity contribution in [1.29, 1.82) is 0 Å². The lowest BCUT2D eigenvalue weighted by Gasteiger charge is -2.18. The van der Waals surface area contributed by atoms with Crippen LogP contribution in [0.5, 0.6) is 0 Å². The molecule has 4 nitrogen and oxygen atoms in total. The molecular weight excluding hydrogens is 218 g/mol. The normalized spacial score (nSPS) is 10.7. The van der Waals surface area contributed by atoms with Gasteiger partial charge >= 0.3 is 0 Å². The Hall–Kier alpha value is -0.680. The maximum absolute atomic E-state index is 8.48. The van der Waals surface area contributed by atoms with Crippen molar-refractivity contribution in [2.24, 2.45) is 0 Å². The molecule has 0 amide bonds. The van der Waals surface area contributed by atoms with Crippen LogP contribution in [0.25, 0.3) is 0 Å². The van der Waals surface area contributed by atoms with Crippen LogP contribution in [0.4, 0.5) is 0 Å². The molecule has 0 aliphatic rings. The average molecular weight is 243 g/mol. The zero-order chi connectivity index (χ0) is 12.8. The van der Waals surface area contributed by atoms with Crippen LogP contribution >= 0.6 is 0 Å². The first-order chi connectivity index (χ1) is 8.35. The zero-order valence-electron chi connectivity index (χ0n) is 10.6. The Bertz CT molecular complexity index is 176. The summed E-state index contributed by atoms with van der Waals surface area (Å²) in [7, 11) is 0. The number of hydrogen-bond acceptors (Lipinski definition) is 4. The third-order valence-electron chi connectivity index (χ3n) is 2.15. The molecule has 1 N–H and O–H groups in total. The highest BCUT2D eigenvalue weighted by molar-refractivity contribution is 4.79. The highest BCUT2D eigenvalue weighted by atomic mass is 16.5. The largest absolute Gasteiger partial charge is 0.394 e. The first kappa shape index (κ1) is 16.3. The van der Waals surface area contributed by atoms with E-state index < -0.39 is 0 Å². The molecule has 0 spiro atoms. The van der Waals surface area contributed by atoms with Crippen LogP contribution in [0.2, 0.25) is 0 Å². The minimum Gasteiger partial charge on any atom is -0.394 e. The summed E-state index contributed by atoms with van der Waals surface area (Å²) in [5.74, 6) is 0. The third-order valence-corrected chi connectivity index (χ3v) is 2.15. The number of aliphatic hydroxyl groups excluding tert-OH is 1. The van der Waals surface area contributed by atoms with Crippen LogP contribution in [0, 0.1) is 0 Å². The Balaban J connectivity index is 3.29. The lowest BCUT2D eigenvalue weighted by molar-refractivity contribution is 0.0310. The molecule has 4 heteroatoms. The van der Waals surface area contributed by atoms with Crippen molar-refractivity contribution in [1.82, 2.24) is 4.90 Å². The van der Waals surface area contributed by atoms with Gasteiger partial charge in [0.2, 0.25) is 0 Å². The summed E-state index contributed by atoms with van der Waals surface area (Å²) in [6.07, 6.45) is 4.78. The fourth-order valence-corrected chi connectivity index (χ4v) is 1.40. The van der Waals surface area contributed by atoms with Crippen LogP contribution in [-0.4, -0.2) is 62.7 Å². The lowest BCUT2D eigenvalue weighted by Crippen LogP contribution is -2.26. The number of aliphatic hydroxyl groups is 1. The van der Waals surface area contributed by atoms with E-state index in [9.17, 15) is 0 Å². The predicted molar refractivity (Wildman–Crippen MR) is 70.2 cm³/mol. The van der Waals surface area contributed by atoms with Crippen molar-refractivity contribution in [3.8, 4) is 0 Å². The molecule has 0 aromatic rings. The molecule has 0 radical (unpaired) electrons. The highest BCUT2D eigenvalue weighted by Crippen LogP contribution is 1.93. The van der Waals surface area contributed by atoms with Crippen LogP contribution in [0.15, 0.2) is 25.3 Å². The third kappa shape index (κ3) is 11.6. The van der Waals surface area contributed by atoms with Crippen molar-refractivity contribution in [2.45, 2.75) is 6.42 Å². The van der Waals surface area contributed by atoms with Crippen LogP contribution in [-0.2, 0) is 9.47 Å². The van der Waals surface area contributed by atoms with Gasteiger partial charge in [0.05, 0.1) is 26.4 Å². The number of ether oxygens (including phenoxy) is 2. The quantitative estimate of drug-likeness (QED) is 0.388. The molecule has 0 aliphatic heterocycles. The SMILES string of the molecule is C=CCN(CC=C)CCCOCCOCCO. The van der Waals surface area contributed by atoms with Crippen molar-refractivity contribution < 1.29 is 14.6 Å². The maximum Gasteiger partial charge on any atom is 0.0701 e. The van der Waals surface area contributed by atoms with Gasteiger partial charge < -0.3 is 14.6 Å². The molecule has 100 valence electrons.